The van der Waals surface area contributed by atoms with Crippen LogP contribution in [-0.4, -0.2) is 15.2 Å². The van der Waals surface area contributed by atoms with Crippen LogP contribution >= 0.6 is 7.75 Å². The molecular formula is C12H12N3O4P. The topological polar surface area (TPSA) is 94.7 Å². The minimum absolute atomic E-state index is 0.217. The molecule has 1 heterocycles. The molecule has 0 aromatic heterocycles. The molecule has 0 saturated heterocycles. The Morgan fingerprint density at radius 2 is 2.00 bits per heavy atom. The van der Waals surface area contributed by atoms with E-state index in [1.54, 1.807) is 36.4 Å². The first-order valence-corrected chi connectivity index (χ1v) is 7.13. The van der Waals surface area contributed by atoms with Gasteiger partial charge < -0.3 is 4.52 Å². The molecule has 2 rings (SSSR count). The third-order valence-corrected chi connectivity index (χ3v) is 2.97. The van der Waals surface area contributed by atoms with E-state index in [2.05, 4.69) is 10.00 Å². The van der Waals surface area contributed by atoms with E-state index in [0.717, 1.165) is 11.3 Å². The standard InChI is InChI=1S/C12H12N3O4P/c16-15-9-5-4-6-11(15)10-13-14-20(17,18)19-12-7-2-1-3-8-12/h1-10,16H,(H,17,18)/b11-10+,14-13?. The predicted octanol–water partition coefficient (Wildman–Crippen LogP) is 3.23. The van der Waals surface area contributed by atoms with Gasteiger partial charge in [0, 0.05) is 6.20 Å². The fourth-order valence-corrected chi connectivity index (χ4v) is 1.95. The largest absolute Gasteiger partial charge is 0.523 e. The molecule has 1 unspecified atom stereocenters. The molecule has 0 radical (unpaired) electrons. The maximum atomic E-state index is 11.6. The summed E-state index contributed by atoms with van der Waals surface area (Å²) in [6.07, 6.45) is 7.37. The summed E-state index contributed by atoms with van der Waals surface area (Å²) in [6.45, 7) is 0. The first kappa shape index (κ1) is 14.2. The summed E-state index contributed by atoms with van der Waals surface area (Å²) in [5, 5.41) is 13.7. The van der Waals surface area contributed by atoms with Gasteiger partial charge in [-0.3, -0.25) is 10.1 Å². The van der Waals surface area contributed by atoms with Gasteiger partial charge in [0.1, 0.15) is 5.75 Å². The van der Waals surface area contributed by atoms with Crippen molar-refractivity contribution in [1.29, 1.82) is 0 Å². The molecule has 8 heteroatoms. The van der Waals surface area contributed by atoms with Gasteiger partial charge in [-0.1, -0.05) is 29.2 Å². The van der Waals surface area contributed by atoms with E-state index in [-0.39, 0.29) is 5.75 Å². The summed E-state index contributed by atoms with van der Waals surface area (Å²) < 4.78 is 16.5. The number of hydroxylamine groups is 2. The molecule has 1 aromatic rings. The zero-order valence-electron chi connectivity index (χ0n) is 10.3. The Morgan fingerprint density at radius 3 is 2.70 bits per heavy atom. The molecule has 0 saturated carbocycles. The monoisotopic (exact) mass is 293 g/mol. The number of hydrogen-bond donors (Lipinski definition) is 2. The van der Waals surface area contributed by atoms with E-state index < -0.39 is 7.75 Å². The van der Waals surface area contributed by atoms with Crippen molar-refractivity contribution in [2.24, 2.45) is 10.00 Å². The fraction of sp³-hybridized carbons (Fsp3) is 0. The van der Waals surface area contributed by atoms with Crippen molar-refractivity contribution < 1.29 is 19.2 Å². The van der Waals surface area contributed by atoms with Crippen LogP contribution < -0.4 is 4.52 Å². The molecule has 104 valence electrons. The molecule has 0 aliphatic carbocycles. The van der Waals surface area contributed by atoms with Crippen molar-refractivity contribution in [3.8, 4) is 5.75 Å². The number of rotatable bonds is 4. The van der Waals surface area contributed by atoms with E-state index in [4.69, 9.17) is 4.52 Å². The molecule has 0 bridgehead atoms. The van der Waals surface area contributed by atoms with Gasteiger partial charge in [-0.2, -0.15) is 0 Å². The van der Waals surface area contributed by atoms with Crippen molar-refractivity contribution in [3.63, 3.8) is 0 Å². The van der Waals surface area contributed by atoms with Crippen molar-refractivity contribution in [2.75, 3.05) is 0 Å². The van der Waals surface area contributed by atoms with Crippen LogP contribution in [0.1, 0.15) is 0 Å². The Bertz CT molecular complexity index is 625. The van der Waals surface area contributed by atoms with Crippen molar-refractivity contribution in [1.82, 2.24) is 5.06 Å². The van der Waals surface area contributed by atoms with Crippen LogP contribution in [0.5, 0.6) is 5.75 Å². The molecule has 0 fully saturated rings. The van der Waals surface area contributed by atoms with E-state index in [1.165, 1.54) is 18.3 Å². The second-order valence-electron chi connectivity index (χ2n) is 3.70. The number of para-hydroxylation sites is 1. The molecule has 7 nitrogen and oxygen atoms in total. The Hall–Kier alpha value is -2.21. The number of hydrogen-bond acceptors (Lipinski definition) is 5. The highest BCUT2D eigenvalue weighted by atomic mass is 31.2. The zero-order valence-corrected chi connectivity index (χ0v) is 11.2. The molecule has 1 aromatic carbocycles. The molecule has 20 heavy (non-hydrogen) atoms. The molecule has 0 spiro atoms. The second kappa shape index (κ2) is 6.29. The third kappa shape index (κ3) is 4.17. The SMILES string of the molecule is O=P(O)(N=N/C=C1\C=CC=CN1O)Oc1ccccc1. The van der Waals surface area contributed by atoms with Crippen molar-refractivity contribution in [2.45, 2.75) is 0 Å². The molecular weight excluding hydrogens is 281 g/mol. The van der Waals surface area contributed by atoms with Crippen LogP contribution in [-0.2, 0) is 4.57 Å². The van der Waals surface area contributed by atoms with Crippen LogP contribution in [0.25, 0.3) is 0 Å². The lowest BCUT2D eigenvalue weighted by molar-refractivity contribution is -0.000518. The molecule has 2 N–H and O–H groups in total. The first-order valence-electron chi connectivity index (χ1n) is 5.60. The van der Waals surface area contributed by atoms with Gasteiger partial charge in [0.05, 0.1) is 11.9 Å². The van der Waals surface area contributed by atoms with Crippen LogP contribution in [0.2, 0.25) is 0 Å². The van der Waals surface area contributed by atoms with Gasteiger partial charge in [0.15, 0.2) is 0 Å². The van der Waals surface area contributed by atoms with E-state index in [0.29, 0.717) is 5.70 Å². The van der Waals surface area contributed by atoms with Crippen LogP contribution in [0, 0.1) is 0 Å². The number of benzene rings is 1. The Kier molecular flexibility index (Phi) is 4.47. The highest BCUT2D eigenvalue weighted by molar-refractivity contribution is 7.51. The van der Waals surface area contributed by atoms with Gasteiger partial charge in [-0.25, -0.2) is 9.63 Å². The van der Waals surface area contributed by atoms with E-state index in [1.807, 2.05) is 0 Å². The summed E-state index contributed by atoms with van der Waals surface area (Å²) in [7, 11) is -4.23. The van der Waals surface area contributed by atoms with Crippen LogP contribution in [0.3, 0.4) is 0 Å². The van der Waals surface area contributed by atoms with Crippen LogP contribution in [0.15, 0.2) is 76.7 Å². The first-order chi connectivity index (χ1) is 9.57. The fourth-order valence-electron chi connectivity index (χ4n) is 1.34. The zero-order chi connectivity index (χ0) is 14.4. The highest BCUT2D eigenvalue weighted by Crippen LogP contribution is 2.44. The van der Waals surface area contributed by atoms with Gasteiger partial charge >= 0.3 is 7.75 Å². The minimum Gasteiger partial charge on any atom is -0.407 e. The third-order valence-electron chi connectivity index (χ3n) is 2.19. The lowest BCUT2D eigenvalue weighted by Crippen LogP contribution is -2.10. The Labute approximate surface area is 115 Å². The number of allylic oxidation sites excluding steroid dienone is 3. The smallest absolute Gasteiger partial charge is 0.407 e. The van der Waals surface area contributed by atoms with Gasteiger partial charge in [-0.15, -0.1) is 5.11 Å². The molecule has 1 aliphatic heterocycles. The summed E-state index contributed by atoms with van der Waals surface area (Å²) in [4.78, 5) is 12.7. The molecule has 1 aliphatic rings. The highest BCUT2D eigenvalue weighted by Gasteiger charge is 2.20. The number of nitrogens with zero attached hydrogens (tertiary/aromatic N) is 3. The Morgan fingerprint density at radius 1 is 1.25 bits per heavy atom. The lowest BCUT2D eigenvalue weighted by atomic mass is 10.3. The second-order valence-corrected chi connectivity index (χ2v) is 5.04. The van der Waals surface area contributed by atoms with Crippen LogP contribution in [0.4, 0.5) is 0 Å². The normalized spacial score (nSPS) is 19.5. The predicted molar refractivity (Wildman–Crippen MR) is 71.7 cm³/mol. The summed E-state index contributed by atoms with van der Waals surface area (Å²) in [6, 6.07) is 8.14. The quantitative estimate of drug-likeness (QED) is 0.656. The maximum absolute atomic E-state index is 11.6. The minimum atomic E-state index is -4.23. The molecule has 0 amide bonds. The van der Waals surface area contributed by atoms with E-state index in [9.17, 15) is 14.7 Å². The lowest BCUT2D eigenvalue weighted by Gasteiger charge is -2.13. The van der Waals surface area contributed by atoms with Gasteiger partial charge in [0.25, 0.3) is 0 Å². The average molecular weight is 293 g/mol. The summed E-state index contributed by atoms with van der Waals surface area (Å²) in [5.74, 6) is 0.217. The van der Waals surface area contributed by atoms with Crippen molar-refractivity contribution >= 4 is 7.75 Å². The average Bonchev–Trinajstić information content (AvgIpc) is 2.41. The van der Waals surface area contributed by atoms with Gasteiger partial charge in [0.2, 0.25) is 0 Å². The Balaban J connectivity index is 2.03. The summed E-state index contributed by atoms with van der Waals surface area (Å²) in [5.41, 5.74) is 0.302. The van der Waals surface area contributed by atoms with E-state index >= 15 is 0 Å². The molecule has 1 atom stereocenters. The maximum Gasteiger partial charge on any atom is 0.523 e. The van der Waals surface area contributed by atoms with Gasteiger partial charge in [-0.05, 0) is 24.3 Å². The van der Waals surface area contributed by atoms with Crippen molar-refractivity contribution in [3.05, 3.63) is 66.7 Å². The summed E-state index contributed by atoms with van der Waals surface area (Å²) >= 11 is 0.